The van der Waals surface area contributed by atoms with Crippen LogP contribution in [-0.4, -0.2) is 30.3 Å². The Labute approximate surface area is 137 Å². The van der Waals surface area contributed by atoms with Gasteiger partial charge in [0.15, 0.2) is 12.6 Å². The van der Waals surface area contributed by atoms with Crippen LogP contribution < -0.4 is 15.8 Å². The number of ether oxygens (including phenoxy) is 1. The summed E-state index contributed by atoms with van der Waals surface area (Å²) in [6.45, 7) is 2.82. The van der Waals surface area contributed by atoms with Gasteiger partial charge in [-0.15, -0.1) is 30.6 Å². The third kappa shape index (κ3) is 9.10. The van der Waals surface area contributed by atoms with Crippen molar-refractivity contribution in [2.24, 2.45) is 10.7 Å². The molecule has 0 unspecified atom stereocenters. The number of nitrogens with zero attached hydrogens (tertiary/aromatic N) is 2. The minimum atomic E-state index is -4.39. The molecule has 0 fully saturated rings. The molecule has 5 nitrogen and oxygen atoms in total. The van der Waals surface area contributed by atoms with E-state index in [0.29, 0.717) is 12.1 Å². The van der Waals surface area contributed by atoms with Crippen LogP contribution in [0.4, 0.5) is 13.2 Å². The fraction of sp³-hybridized carbons (Fsp3) is 0.333. The number of pyridine rings is 1. The zero-order valence-corrected chi connectivity index (χ0v) is 13.4. The van der Waals surface area contributed by atoms with E-state index in [-0.39, 0.29) is 42.4 Å². The number of nitrogens with one attached hydrogen (secondary N) is 1. The Kier molecular flexibility index (Phi) is 8.74. The summed E-state index contributed by atoms with van der Waals surface area (Å²) >= 11 is 0. The highest BCUT2D eigenvalue weighted by Gasteiger charge is 2.28. The summed E-state index contributed by atoms with van der Waals surface area (Å²) < 4.78 is 40.6. The summed E-state index contributed by atoms with van der Waals surface area (Å²) in [7, 11) is 0. The molecule has 0 aromatic carbocycles. The normalized spacial score (nSPS) is 11.5. The number of alkyl halides is 3. The highest BCUT2D eigenvalue weighted by molar-refractivity contribution is 14.0. The van der Waals surface area contributed by atoms with Crippen LogP contribution in [0.1, 0.15) is 5.56 Å². The molecule has 1 rings (SSSR count). The van der Waals surface area contributed by atoms with Crippen LogP contribution in [0.2, 0.25) is 0 Å². The molecular weight excluding hydrogens is 400 g/mol. The topological polar surface area (TPSA) is 72.5 Å². The van der Waals surface area contributed by atoms with Gasteiger partial charge in [-0.3, -0.25) is 0 Å². The molecule has 1 aromatic rings. The maximum absolute atomic E-state index is 12.0. The van der Waals surface area contributed by atoms with Gasteiger partial charge in [0, 0.05) is 18.8 Å². The van der Waals surface area contributed by atoms with Gasteiger partial charge < -0.3 is 15.8 Å². The second-order valence-electron chi connectivity index (χ2n) is 3.78. The van der Waals surface area contributed by atoms with E-state index in [1.54, 1.807) is 12.1 Å². The second-order valence-corrected chi connectivity index (χ2v) is 3.78. The summed E-state index contributed by atoms with van der Waals surface area (Å²) in [5.74, 6) is 0.118. The van der Waals surface area contributed by atoms with Crippen molar-refractivity contribution in [2.45, 2.75) is 12.7 Å². The average Bonchev–Trinajstić information content (AvgIpc) is 2.40. The molecule has 0 aliphatic heterocycles. The van der Waals surface area contributed by atoms with Crippen molar-refractivity contribution in [2.75, 3.05) is 13.2 Å². The van der Waals surface area contributed by atoms with Crippen LogP contribution in [0.25, 0.3) is 0 Å². The molecule has 118 valence electrons. The molecule has 0 spiro atoms. The minimum absolute atomic E-state index is 0. The van der Waals surface area contributed by atoms with Crippen LogP contribution in [0.5, 0.6) is 5.88 Å². The van der Waals surface area contributed by atoms with Crippen LogP contribution in [-0.2, 0) is 6.54 Å². The van der Waals surface area contributed by atoms with E-state index in [4.69, 9.17) is 5.73 Å². The third-order valence-corrected chi connectivity index (χ3v) is 2.04. The first-order valence-corrected chi connectivity index (χ1v) is 5.70. The molecule has 0 atom stereocenters. The van der Waals surface area contributed by atoms with Gasteiger partial charge in [-0.2, -0.15) is 13.2 Å². The Morgan fingerprint density at radius 2 is 2.24 bits per heavy atom. The SMILES string of the molecule is C=CCNC(N)=NCc1ccnc(OCC(F)(F)F)c1.I. The molecule has 9 heteroatoms. The summed E-state index contributed by atoms with van der Waals surface area (Å²) in [6.07, 6.45) is -1.42. The standard InChI is InChI=1S/C12H15F3N4O.HI/c1-2-4-18-11(16)19-7-9-3-5-17-10(6-9)20-8-12(13,14)15;/h2-3,5-6H,1,4,7-8H2,(H3,16,18,19);1H. The molecule has 3 N–H and O–H groups in total. The van der Waals surface area contributed by atoms with Gasteiger partial charge in [0.05, 0.1) is 6.54 Å². The number of guanidine groups is 1. The van der Waals surface area contributed by atoms with E-state index in [1.165, 1.54) is 12.3 Å². The summed E-state index contributed by atoms with van der Waals surface area (Å²) in [5, 5.41) is 2.78. The molecule has 0 saturated carbocycles. The van der Waals surface area contributed by atoms with Gasteiger partial charge in [0.2, 0.25) is 5.88 Å². The first-order valence-electron chi connectivity index (χ1n) is 5.70. The molecule has 0 amide bonds. The van der Waals surface area contributed by atoms with E-state index in [2.05, 4.69) is 26.6 Å². The Hall–Kier alpha value is -1.52. The lowest BCUT2D eigenvalue weighted by Gasteiger charge is -2.08. The molecular formula is C12H16F3IN4O. The number of aliphatic imine (C=N–C) groups is 1. The van der Waals surface area contributed by atoms with Crippen molar-refractivity contribution in [3.05, 3.63) is 36.5 Å². The highest BCUT2D eigenvalue weighted by Crippen LogP contribution is 2.17. The summed E-state index contributed by atoms with van der Waals surface area (Å²) in [6, 6.07) is 3.00. The number of halogens is 4. The minimum Gasteiger partial charge on any atom is -0.468 e. The van der Waals surface area contributed by atoms with E-state index < -0.39 is 12.8 Å². The average molecular weight is 416 g/mol. The zero-order chi connectivity index (χ0) is 15.0. The largest absolute Gasteiger partial charge is 0.468 e. The maximum Gasteiger partial charge on any atom is 0.422 e. The van der Waals surface area contributed by atoms with Gasteiger partial charge >= 0.3 is 6.18 Å². The zero-order valence-electron chi connectivity index (χ0n) is 11.1. The van der Waals surface area contributed by atoms with Crippen LogP contribution in [0.3, 0.4) is 0 Å². The number of hydrogen-bond acceptors (Lipinski definition) is 3. The van der Waals surface area contributed by atoms with E-state index in [0.717, 1.165) is 0 Å². The fourth-order valence-electron chi connectivity index (χ4n) is 1.19. The van der Waals surface area contributed by atoms with E-state index >= 15 is 0 Å². The monoisotopic (exact) mass is 416 g/mol. The predicted molar refractivity (Wildman–Crippen MR) is 84.7 cm³/mol. The first kappa shape index (κ1) is 19.5. The van der Waals surface area contributed by atoms with Crippen molar-refractivity contribution in [1.82, 2.24) is 10.3 Å². The molecule has 0 aliphatic rings. The third-order valence-electron chi connectivity index (χ3n) is 2.04. The second kappa shape index (κ2) is 9.42. The van der Waals surface area contributed by atoms with Gasteiger partial charge in [-0.1, -0.05) is 6.08 Å². The van der Waals surface area contributed by atoms with Crippen molar-refractivity contribution in [1.29, 1.82) is 0 Å². The predicted octanol–water partition coefficient (Wildman–Crippen LogP) is 2.23. The van der Waals surface area contributed by atoms with Crippen LogP contribution >= 0.6 is 24.0 Å². The van der Waals surface area contributed by atoms with Crippen molar-refractivity contribution in [3.63, 3.8) is 0 Å². The smallest absolute Gasteiger partial charge is 0.422 e. The maximum atomic E-state index is 12.0. The van der Waals surface area contributed by atoms with Crippen molar-refractivity contribution < 1.29 is 17.9 Å². The van der Waals surface area contributed by atoms with Crippen LogP contribution in [0, 0.1) is 0 Å². The molecule has 0 bridgehead atoms. The highest BCUT2D eigenvalue weighted by atomic mass is 127. The number of rotatable bonds is 6. The van der Waals surface area contributed by atoms with Gasteiger partial charge in [-0.25, -0.2) is 9.98 Å². The molecule has 0 aliphatic carbocycles. The van der Waals surface area contributed by atoms with E-state index in [1.807, 2.05) is 0 Å². The molecule has 1 aromatic heterocycles. The quantitative estimate of drug-likeness (QED) is 0.323. The lowest BCUT2D eigenvalue weighted by atomic mass is 10.3. The van der Waals surface area contributed by atoms with Gasteiger partial charge in [-0.05, 0) is 11.6 Å². The first-order chi connectivity index (χ1) is 9.40. The molecule has 1 heterocycles. The Morgan fingerprint density at radius 1 is 1.52 bits per heavy atom. The molecule has 21 heavy (non-hydrogen) atoms. The van der Waals surface area contributed by atoms with Crippen molar-refractivity contribution in [3.8, 4) is 5.88 Å². The lowest BCUT2D eigenvalue weighted by Crippen LogP contribution is -2.31. The number of nitrogens with two attached hydrogens (primary N) is 1. The summed E-state index contributed by atoms with van der Waals surface area (Å²) in [5.41, 5.74) is 6.20. The van der Waals surface area contributed by atoms with Crippen molar-refractivity contribution >= 4 is 29.9 Å². The van der Waals surface area contributed by atoms with Gasteiger partial charge in [0.1, 0.15) is 0 Å². The molecule has 0 radical (unpaired) electrons. The number of aromatic nitrogens is 1. The Morgan fingerprint density at radius 3 is 2.86 bits per heavy atom. The Balaban J connectivity index is 0.00000400. The fourth-order valence-corrected chi connectivity index (χ4v) is 1.19. The number of hydrogen-bond donors (Lipinski definition) is 2. The summed E-state index contributed by atoms with van der Waals surface area (Å²) in [4.78, 5) is 7.70. The Bertz CT molecular complexity index is 480. The van der Waals surface area contributed by atoms with Gasteiger partial charge in [0.25, 0.3) is 0 Å². The molecule has 0 saturated heterocycles. The lowest BCUT2D eigenvalue weighted by molar-refractivity contribution is -0.154. The van der Waals surface area contributed by atoms with Crippen LogP contribution in [0.15, 0.2) is 36.0 Å². The van der Waals surface area contributed by atoms with E-state index in [9.17, 15) is 13.2 Å².